The first-order valence-electron chi connectivity index (χ1n) is 8.58. The highest BCUT2D eigenvalue weighted by atomic mass is 15.2. The van der Waals surface area contributed by atoms with Crippen LogP contribution >= 0.6 is 0 Å². The van der Waals surface area contributed by atoms with E-state index >= 15 is 0 Å². The number of aliphatic imine (C=N–C) groups is 1. The molecule has 0 atom stereocenters. The molecular weight excluding hydrogens is 284 g/mol. The minimum atomic E-state index is 0.525. The summed E-state index contributed by atoms with van der Waals surface area (Å²) < 4.78 is 0. The Hall–Kier alpha value is -2.02. The van der Waals surface area contributed by atoms with Gasteiger partial charge in [0, 0.05) is 19.6 Å². The maximum Gasteiger partial charge on any atom is 0.191 e. The first-order chi connectivity index (χ1) is 11.1. The molecule has 0 bridgehead atoms. The van der Waals surface area contributed by atoms with Gasteiger partial charge in [0.15, 0.2) is 5.96 Å². The number of rotatable bonds is 4. The van der Waals surface area contributed by atoms with Crippen LogP contribution in [0, 0.1) is 23.2 Å². The van der Waals surface area contributed by atoms with E-state index in [2.05, 4.69) is 35.5 Å². The third-order valence-corrected chi connectivity index (χ3v) is 4.82. The number of guanidine groups is 1. The molecule has 0 spiro atoms. The summed E-state index contributed by atoms with van der Waals surface area (Å²) in [5, 5.41) is 15.7. The number of benzene rings is 1. The monoisotopic (exact) mass is 312 g/mol. The molecule has 1 fully saturated rings. The summed E-state index contributed by atoms with van der Waals surface area (Å²) >= 11 is 0. The van der Waals surface area contributed by atoms with Gasteiger partial charge in [-0.1, -0.05) is 26.0 Å². The van der Waals surface area contributed by atoms with Gasteiger partial charge in [-0.05, 0) is 55.2 Å². The lowest BCUT2D eigenvalue weighted by Crippen LogP contribution is -2.44. The predicted octanol–water partition coefficient (Wildman–Crippen LogP) is 3.44. The lowest BCUT2D eigenvalue weighted by molar-refractivity contribution is 0.250. The van der Waals surface area contributed by atoms with E-state index in [0.717, 1.165) is 23.4 Å². The van der Waals surface area contributed by atoms with Crippen LogP contribution in [-0.4, -0.2) is 19.0 Å². The summed E-state index contributed by atoms with van der Waals surface area (Å²) in [6.45, 7) is 5.37. The van der Waals surface area contributed by atoms with Crippen molar-refractivity contribution in [1.82, 2.24) is 10.6 Å². The molecule has 0 aliphatic heterocycles. The highest BCUT2D eigenvalue weighted by molar-refractivity contribution is 5.79. The van der Waals surface area contributed by atoms with Crippen molar-refractivity contribution < 1.29 is 0 Å². The van der Waals surface area contributed by atoms with E-state index in [1.807, 2.05) is 31.3 Å². The van der Waals surface area contributed by atoms with E-state index in [4.69, 9.17) is 5.26 Å². The van der Waals surface area contributed by atoms with Crippen molar-refractivity contribution in [3.8, 4) is 6.07 Å². The average molecular weight is 312 g/mol. The number of hydrogen-bond acceptors (Lipinski definition) is 2. The smallest absolute Gasteiger partial charge is 0.191 e. The predicted molar refractivity (Wildman–Crippen MR) is 95.1 cm³/mol. The van der Waals surface area contributed by atoms with E-state index in [1.54, 1.807) is 0 Å². The Bertz CT molecular complexity index is 546. The Kier molecular flexibility index (Phi) is 6.46. The Morgan fingerprint density at radius 1 is 1.22 bits per heavy atom. The van der Waals surface area contributed by atoms with Crippen LogP contribution in [-0.2, 0) is 6.54 Å². The molecule has 2 rings (SSSR count). The van der Waals surface area contributed by atoms with E-state index in [0.29, 0.717) is 18.2 Å². The second-order valence-corrected chi connectivity index (χ2v) is 6.73. The van der Waals surface area contributed by atoms with Gasteiger partial charge in [-0.2, -0.15) is 5.26 Å². The van der Waals surface area contributed by atoms with Crippen molar-refractivity contribution in [1.29, 1.82) is 5.26 Å². The zero-order chi connectivity index (χ0) is 16.7. The maximum absolute atomic E-state index is 8.83. The van der Waals surface area contributed by atoms with Gasteiger partial charge in [0.25, 0.3) is 0 Å². The lowest BCUT2D eigenvalue weighted by atomic mass is 9.80. The summed E-state index contributed by atoms with van der Waals surface area (Å²) in [6.07, 6.45) is 5.06. The molecule has 124 valence electrons. The molecule has 0 unspecified atom stereocenters. The van der Waals surface area contributed by atoms with Gasteiger partial charge in [0.05, 0.1) is 11.6 Å². The molecule has 0 saturated heterocycles. The molecule has 4 heteroatoms. The van der Waals surface area contributed by atoms with E-state index in [9.17, 15) is 0 Å². The number of hydrogen-bond donors (Lipinski definition) is 2. The number of nitrogens with one attached hydrogen (secondary N) is 2. The van der Waals surface area contributed by atoms with Crippen LogP contribution in [0.2, 0.25) is 0 Å². The maximum atomic E-state index is 8.83. The summed E-state index contributed by atoms with van der Waals surface area (Å²) in [4.78, 5) is 4.33. The molecule has 0 radical (unpaired) electrons. The van der Waals surface area contributed by atoms with E-state index < -0.39 is 0 Å². The quantitative estimate of drug-likeness (QED) is 0.661. The standard InChI is InChI=1S/C19H28N4/c1-14(2)17-8-10-18(11-9-17)23-19(21-3)22-13-16-6-4-15(12-20)5-7-16/h4-7,14,17-18H,8-11,13H2,1-3H3,(H2,21,22,23). The van der Waals surface area contributed by atoms with Crippen LogP contribution in [0.25, 0.3) is 0 Å². The van der Waals surface area contributed by atoms with Gasteiger partial charge >= 0.3 is 0 Å². The molecular formula is C19H28N4. The fourth-order valence-electron chi connectivity index (χ4n) is 3.20. The molecule has 1 aromatic rings. The molecule has 1 aromatic carbocycles. The molecule has 0 aromatic heterocycles. The van der Waals surface area contributed by atoms with E-state index in [-0.39, 0.29) is 0 Å². The molecule has 1 saturated carbocycles. The van der Waals surface area contributed by atoms with Gasteiger partial charge < -0.3 is 10.6 Å². The van der Waals surface area contributed by atoms with Crippen LogP contribution in [0.15, 0.2) is 29.3 Å². The van der Waals surface area contributed by atoms with Crippen molar-refractivity contribution in [2.24, 2.45) is 16.8 Å². The van der Waals surface area contributed by atoms with Crippen molar-refractivity contribution in [2.75, 3.05) is 7.05 Å². The van der Waals surface area contributed by atoms with Crippen LogP contribution in [0.4, 0.5) is 0 Å². The second kappa shape index (κ2) is 8.57. The van der Waals surface area contributed by atoms with Gasteiger partial charge in [-0.15, -0.1) is 0 Å². The molecule has 1 aliphatic rings. The third kappa shape index (κ3) is 5.28. The Morgan fingerprint density at radius 2 is 1.87 bits per heavy atom. The first-order valence-corrected chi connectivity index (χ1v) is 8.58. The minimum Gasteiger partial charge on any atom is -0.354 e. The SMILES string of the molecule is CN=C(NCc1ccc(C#N)cc1)NC1CCC(C(C)C)CC1. The summed E-state index contributed by atoms with van der Waals surface area (Å²) in [5.74, 6) is 2.54. The second-order valence-electron chi connectivity index (χ2n) is 6.73. The Labute approximate surface area is 140 Å². The van der Waals surface area contributed by atoms with Crippen LogP contribution in [0.3, 0.4) is 0 Å². The van der Waals surface area contributed by atoms with Crippen LogP contribution < -0.4 is 10.6 Å². The van der Waals surface area contributed by atoms with Crippen LogP contribution in [0.5, 0.6) is 0 Å². The van der Waals surface area contributed by atoms with Crippen molar-refractivity contribution in [2.45, 2.75) is 52.1 Å². The first kappa shape index (κ1) is 17.3. The van der Waals surface area contributed by atoms with Crippen molar-refractivity contribution in [3.05, 3.63) is 35.4 Å². The van der Waals surface area contributed by atoms with Gasteiger partial charge in [-0.3, -0.25) is 4.99 Å². The molecule has 0 heterocycles. The summed E-state index contributed by atoms with van der Waals surface area (Å²) in [7, 11) is 1.81. The summed E-state index contributed by atoms with van der Waals surface area (Å²) in [6, 6.07) is 10.3. The van der Waals surface area contributed by atoms with E-state index in [1.165, 1.54) is 25.7 Å². The Balaban J connectivity index is 1.78. The van der Waals surface area contributed by atoms with Crippen LogP contribution in [0.1, 0.15) is 50.7 Å². The van der Waals surface area contributed by atoms with Gasteiger partial charge in [0.1, 0.15) is 0 Å². The van der Waals surface area contributed by atoms with Gasteiger partial charge in [0.2, 0.25) is 0 Å². The fraction of sp³-hybridized carbons (Fsp3) is 0.579. The molecule has 0 amide bonds. The largest absolute Gasteiger partial charge is 0.354 e. The Morgan fingerprint density at radius 3 is 2.39 bits per heavy atom. The third-order valence-electron chi connectivity index (χ3n) is 4.82. The highest BCUT2D eigenvalue weighted by Gasteiger charge is 2.23. The zero-order valence-electron chi connectivity index (χ0n) is 14.5. The molecule has 2 N–H and O–H groups in total. The average Bonchev–Trinajstić information content (AvgIpc) is 2.59. The van der Waals surface area contributed by atoms with Crippen molar-refractivity contribution >= 4 is 5.96 Å². The zero-order valence-corrected chi connectivity index (χ0v) is 14.5. The molecule has 1 aliphatic carbocycles. The number of nitrogens with zero attached hydrogens (tertiary/aromatic N) is 2. The molecule has 4 nitrogen and oxygen atoms in total. The highest BCUT2D eigenvalue weighted by Crippen LogP contribution is 2.29. The van der Waals surface area contributed by atoms with Gasteiger partial charge in [-0.25, -0.2) is 0 Å². The topological polar surface area (TPSA) is 60.2 Å². The molecule has 23 heavy (non-hydrogen) atoms. The number of nitriles is 1. The van der Waals surface area contributed by atoms with Crippen molar-refractivity contribution in [3.63, 3.8) is 0 Å². The lowest BCUT2D eigenvalue weighted by Gasteiger charge is -2.32. The fourth-order valence-corrected chi connectivity index (χ4v) is 3.20. The minimum absolute atomic E-state index is 0.525. The normalized spacial score (nSPS) is 21.8. The summed E-state index contributed by atoms with van der Waals surface area (Å²) in [5.41, 5.74) is 1.84.